The largest absolute Gasteiger partial charge is 0.468 e. The number of hydrogen-bond donors (Lipinski definition) is 3. The van der Waals surface area contributed by atoms with Gasteiger partial charge in [0.2, 0.25) is 0 Å². The van der Waals surface area contributed by atoms with E-state index in [2.05, 4.69) is 53.8 Å². The Hall–Kier alpha value is -2.27. The number of carbonyl (C=O) groups is 1. The number of nitrogens with two attached hydrogens (primary N) is 1. The summed E-state index contributed by atoms with van der Waals surface area (Å²) in [5.41, 5.74) is 7.84. The minimum atomic E-state index is -0.340. The molecule has 3 rings (SSSR count). The Morgan fingerprint density at radius 2 is 1.91 bits per heavy atom. The van der Waals surface area contributed by atoms with E-state index in [0.29, 0.717) is 19.6 Å². The van der Waals surface area contributed by atoms with Crippen molar-refractivity contribution in [2.45, 2.75) is 45.4 Å². The van der Waals surface area contributed by atoms with Crippen LogP contribution in [0.2, 0.25) is 0 Å². The molecule has 2 amide bonds. The minimum Gasteiger partial charge on any atom is -0.468 e. The van der Waals surface area contributed by atoms with E-state index in [4.69, 9.17) is 15.1 Å². The average Bonchev–Trinajstić information content (AvgIpc) is 3.26. The molecule has 2 heterocycles. The minimum absolute atomic E-state index is 0. The van der Waals surface area contributed by atoms with Crippen molar-refractivity contribution in [3.05, 3.63) is 59.5 Å². The molecule has 0 unspecified atom stereocenters. The lowest BCUT2D eigenvalue weighted by atomic mass is 10.1. The number of aliphatic imine (C=N–C) groups is 1. The van der Waals surface area contributed by atoms with Crippen LogP contribution in [0.15, 0.2) is 52.1 Å². The van der Waals surface area contributed by atoms with Gasteiger partial charge in [-0.05, 0) is 50.1 Å². The van der Waals surface area contributed by atoms with Crippen LogP contribution < -0.4 is 16.4 Å². The fraction of sp³-hybridized carbons (Fsp3) is 0.478. The summed E-state index contributed by atoms with van der Waals surface area (Å²) >= 11 is 0. The van der Waals surface area contributed by atoms with Crippen LogP contribution in [0.1, 0.15) is 36.7 Å². The molecule has 0 bridgehead atoms. The first kappa shape index (κ1) is 26.0. The van der Waals surface area contributed by atoms with Gasteiger partial charge in [-0.3, -0.25) is 4.90 Å². The summed E-state index contributed by atoms with van der Waals surface area (Å²) in [6, 6.07) is 12.3. The van der Waals surface area contributed by atoms with Crippen molar-refractivity contribution in [1.29, 1.82) is 0 Å². The molecule has 176 valence electrons. The predicted molar refractivity (Wildman–Crippen MR) is 138 cm³/mol. The molecule has 0 atom stereocenters. The van der Waals surface area contributed by atoms with Crippen LogP contribution in [0.3, 0.4) is 0 Å². The lowest BCUT2D eigenvalue weighted by Gasteiger charge is -2.32. The topological polar surface area (TPSA) is 99.1 Å². The number of halogens is 1. The second-order valence-electron chi connectivity index (χ2n) is 7.96. The highest BCUT2D eigenvalue weighted by Crippen LogP contribution is 2.15. The average molecular weight is 554 g/mol. The molecule has 0 spiro atoms. The first-order valence-electron chi connectivity index (χ1n) is 10.9. The second kappa shape index (κ2) is 13.3. The van der Waals surface area contributed by atoms with E-state index in [9.17, 15) is 4.79 Å². The molecule has 9 heteroatoms. The molecule has 1 aliphatic heterocycles. The summed E-state index contributed by atoms with van der Waals surface area (Å²) in [7, 11) is 2.09. The van der Waals surface area contributed by atoms with Gasteiger partial charge in [0.15, 0.2) is 5.96 Å². The number of nitrogens with zero attached hydrogens (tertiary/aromatic N) is 3. The number of amides is 2. The van der Waals surface area contributed by atoms with Gasteiger partial charge in [0.05, 0.1) is 19.4 Å². The number of rotatable bonds is 8. The Balaban J connectivity index is 0.00000363. The van der Waals surface area contributed by atoms with Crippen molar-refractivity contribution in [1.82, 2.24) is 20.4 Å². The Bertz CT molecular complexity index is 850. The van der Waals surface area contributed by atoms with Crippen LogP contribution in [0.4, 0.5) is 4.79 Å². The molecule has 1 fully saturated rings. The first-order valence-corrected chi connectivity index (χ1v) is 10.9. The zero-order valence-corrected chi connectivity index (χ0v) is 21.2. The summed E-state index contributed by atoms with van der Waals surface area (Å²) in [6.45, 7) is 6.39. The van der Waals surface area contributed by atoms with Gasteiger partial charge >= 0.3 is 6.03 Å². The number of nitrogens with one attached hydrogen (secondary N) is 2. The number of carbonyl (C=O) groups excluding carboxylic acids is 1. The second-order valence-corrected chi connectivity index (χ2v) is 7.96. The third-order valence-corrected chi connectivity index (χ3v) is 5.46. The molecular formula is C23H35IN6O2. The number of benzene rings is 1. The van der Waals surface area contributed by atoms with Gasteiger partial charge in [-0.2, -0.15) is 0 Å². The summed E-state index contributed by atoms with van der Waals surface area (Å²) in [5.74, 6) is 1.76. The molecule has 1 saturated heterocycles. The molecule has 8 nitrogen and oxygen atoms in total. The van der Waals surface area contributed by atoms with E-state index in [1.54, 1.807) is 11.2 Å². The molecule has 0 saturated carbocycles. The van der Waals surface area contributed by atoms with Crippen molar-refractivity contribution in [2.75, 3.05) is 26.7 Å². The van der Waals surface area contributed by atoms with Gasteiger partial charge in [0.1, 0.15) is 5.76 Å². The highest BCUT2D eigenvalue weighted by molar-refractivity contribution is 14.0. The number of hydrogen-bond acceptors (Lipinski definition) is 4. The summed E-state index contributed by atoms with van der Waals surface area (Å²) < 4.78 is 5.46. The van der Waals surface area contributed by atoms with Crippen LogP contribution in [0.5, 0.6) is 0 Å². The molecule has 0 radical (unpaired) electrons. The third-order valence-electron chi connectivity index (χ3n) is 5.46. The fourth-order valence-electron chi connectivity index (χ4n) is 3.80. The quantitative estimate of drug-likeness (QED) is 0.265. The van der Waals surface area contributed by atoms with Crippen molar-refractivity contribution < 1.29 is 9.21 Å². The SMILES string of the molecule is CCNC(=NCc1ccccc1CN(C)Cc1ccco1)NC1CCN(C(N)=O)CC1.I. The maximum absolute atomic E-state index is 11.3. The first-order chi connectivity index (χ1) is 15.0. The van der Waals surface area contributed by atoms with E-state index in [-0.39, 0.29) is 36.0 Å². The molecule has 2 aromatic rings. The molecule has 1 aromatic heterocycles. The third kappa shape index (κ3) is 8.01. The summed E-state index contributed by atoms with van der Waals surface area (Å²) in [6.07, 6.45) is 3.43. The maximum atomic E-state index is 11.3. The summed E-state index contributed by atoms with van der Waals surface area (Å²) in [5, 5.41) is 6.85. The van der Waals surface area contributed by atoms with Crippen molar-refractivity contribution >= 4 is 36.0 Å². The standard InChI is InChI=1S/C23H34N6O2.HI/c1-3-25-23(27-20-10-12-29(13-11-20)22(24)30)26-15-18-7-4-5-8-19(18)16-28(2)17-21-9-6-14-31-21;/h4-9,14,20H,3,10-13,15-17H2,1-2H3,(H2,24,30)(H2,25,26,27);1H. The van der Waals surface area contributed by atoms with Gasteiger partial charge in [-0.1, -0.05) is 24.3 Å². The van der Waals surface area contributed by atoms with Crippen molar-refractivity contribution in [3.8, 4) is 0 Å². The summed E-state index contributed by atoms with van der Waals surface area (Å²) in [4.78, 5) is 20.1. The van der Waals surface area contributed by atoms with Crippen molar-refractivity contribution in [3.63, 3.8) is 0 Å². The van der Waals surface area contributed by atoms with Gasteiger partial charge in [0, 0.05) is 32.2 Å². The highest BCUT2D eigenvalue weighted by Gasteiger charge is 2.21. The fourth-order valence-corrected chi connectivity index (χ4v) is 3.80. The van der Waals surface area contributed by atoms with Crippen LogP contribution in [-0.2, 0) is 19.6 Å². The monoisotopic (exact) mass is 554 g/mol. The Morgan fingerprint density at radius 1 is 1.19 bits per heavy atom. The molecule has 4 N–H and O–H groups in total. The van der Waals surface area contributed by atoms with Crippen LogP contribution in [0.25, 0.3) is 0 Å². The lowest BCUT2D eigenvalue weighted by molar-refractivity contribution is 0.188. The number of piperidine rings is 1. The Kier molecular flexibility index (Phi) is 10.8. The van der Waals surface area contributed by atoms with Gasteiger partial charge in [-0.25, -0.2) is 9.79 Å². The molecule has 32 heavy (non-hydrogen) atoms. The smallest absolute Gasteiger partial charge is 0.314 e. The van der Waals surface area contributed by atoms with Gasteiger partial charge < -0.3 is 25.7 Å². The van der Waals surface area contributed by atoms with Crippen LogP contribution in [0, 0.1) is 0 Å². The van der Waals surface area contributed by atoms with Gasteiger partial charge in [0.25, 0.3) is 0 Å². The normalized spacial score (nSPS) is 14.8. The van der Waals surface area contributed by atoms with Crippen LogP contribution >= 0.6 is 24.0 Å². The Labute approximate surface area is 207 Å². The lowest BCUT2D eigenvalue weighted by Crippen LogP contribution is -2.50. The number of guanidine groups is 1. The number of likely N-dealkylation sites (tertiary alicyclic amines) is 1. The predicted octanol–water partition coefficient (Wildman–Crippen LogP) is 3.13. The maximum Gasteiger partial charge on any atom is 0.314 e. The number of primary amides is 1. The molecule has 0 aliphatic carbocycles. The molecule has 1 aromatic carbocycles. The Morgan fingerprint density at radius 3 is 2.53 bits per heavy atom. The van der Waals surface area contributed by atoms with E-state index in [1.165, 1.54) is 11.1 Å². The van der Waals surface area contributed by atoms with Crippen LogP contribution in [-0.4, -0.2) is 54.5 Å². The van der Waals surface area contributed by atoms with E-state index in [0.717, 1.165) is 44.2 Å². The number of urea groups is 1. The van der Waals surface area contributed by atoms with E-state index >= 15 is 0 Å². The van der Waals surface area contributed by atoms with E-state index in [1.807, 2.05) is 12.1 Å². The van der Waals surface area contributed by atoms with Gasteiger partial charge in [-0.15, -0.1) is 24.0 Å². The van der Waals surface area contributed by atoms with E-state index < -0.39 is 0 Å². The zero-order chi connectivity index (χ0) is 22.1. The van der Waals surface area contributed by atoms with Crippen molar-refractivity contribution in [2.24, 2.45) is 10.7 Å². The highest BCUT2D eigenvalue weighted by atomic mass is 127. The molecule has 1 aliphatic rings. The molecular weight excluding hydrogens is 519 g/mol. The number of furan rings is 1. The zero-order valence-electron chi connectivity index (χ0n) is 18.9.